The molecule has 0 saturated carbocycles. The van der Waals surface area contributed by atoms with Gasteiger partial charge in [0.05, 0.1) is 6.21 Å². The van der Waals surface area contributed by atoms with E-state index in [0.717, 1.165) is 29.9 Å². The highest BCUT2D eigenvalue weighted by atomic mass is 35.5. The van der Waals surface area contributed by atoms with Gasteiger partial charge in [0.25, 0.3) is 0 Å². The fraction of sp³-hybridized carbons (Fsp3) is 0.286. The molecular weight excluding hydrogens is 376 g/mol. The smallest absolute Gasteiger partial charge is 0.249 e. The predicted octanol–water partition coefficient (Wildman–Crippen LogP) is 3.97. The minimum absolute atomic E-state index is 0.330. The summed E-state index contributed by atoms with van der Waals surface area (Å²) in [5, 5.41) is 7.09. The van der Waals surface area contributed by atoms with Crippen LogP contribution in [0.15, 0.2) is 47.6 Å². The van der Waals surface area contributed by atoms with E-state index in [4.69, 9.17) is 11.6 Å². The Bertz CT molecular complexity index is 846. The van der Waals surface area contributed by atoms with Crippen LogP contribution < -0.4 is 15.6 Å². The van der Waals surface area contributed by atoms with Crippen molar-refractivity contribution in [1.82, 2.24) is 5.43 Å². The number of hydrazone groups is 1. The average molecular weight is 401 g/mol. The average Bonchev–Trinajstić information content (AvgIpc) is 2.67. The van der Waals surface area contributed by atoms with Gasteiger partial charge < -0.3 is 10.2 Å². The molecule has 2 aromatic rings. The molecule has 0 aliphatic carbocycles. The van der Waals surface area contributed by atoms with E-state index in [9.17, 15) is 9.59 Å². The molecule has 2 amide bonds. The predicted molar refractivity (Wildman–Crippen MR) is 115 cm³/mol. The lowest BCUT2D eigenvalue weighted by Crippen LogP contribution is -2.24. The van der Waals surface area contributed by atoms with E-state index in [1.165, 1.54) is 0 Å². The molecule has 0 heterocycles. The summed E-state index contributed by atoms with van der Waals surface area (Å²) in [6.07, 6.45) is 1.21. The highest BCUT2D eigenvalue weighted by Crippen LogP contribution is 2.20. The van der Waals surface area contributed by atoms with Crippen LogP contribution in [0.1, 0.15) is 31.4 Å². The summed E-state index contributed by atoms with van der Waals surface area (Å²) >= 11 is 6.02. The molecule has 0 aliphatic heterocycles. The van der Waals surface area contributed by atoms with E-state index in [1.807, 2.05) is 31.2 Å². The zero-order chi connectivity index (χ0) is 20.5. The van der Waals surface area contributed by atoms with E-state index < -0.39 is 11.8 Å². The summed E-state index contributed by atoms with van der Waals surface area (Å²) in [4.78, 5) is 26.0. The number of amides is 2. The molecule has 2 aromatic carbocycles. The van der Waals surface area contributed by atoms with E-state index in [1.54, 1.807) is 24.4 Å². The summed E-state index contributed by atoms with van der Waals surface area (Å²) in [7, 11) is 0. The van der Waals surface area contributed by atoms with Crippen LogP contribution in [0.3, 0.4) is 0 Å². The molecule has 0 bridgehead atoms. The first-order chi connectivity index (χ1) is 13.4. The van der Waals surface area contributed by atoms with Gasteiger partial charge >= 0.3 is 0 Å². The molecule has 0 fully saturated rings. The summed E-state index contributed by atoms with van der Waals surface area (Å²) in [5.74, 6) is -0.928. The van der Waals surface area contributed by atoms with Crippen molar-refractivity contribution in [1.29, 1.82) is 0 Å². The number of halogens is 1. The maximum Gasteiger partial charge on any atom is 0.249 e. The number of benzene rings is 2. The molecule has 0 radical (unpaired) electrons. The monoisotopic (exact) mass is 400 g/mol. The number of nitrogens with zero attached hydrogens (tertiary/aromatic N) is 2. The Kier molecular flexibility index (Phi) is 8.02. The number of hydrogen-bond donors (Lipinski definition) is 2. The van der Waals surface area contributed by atoms with E-state index in [2.05, 4.69) is 34.6 Å². The number of carbonyl (C=O) groups is 2. The quantitative estimate of drug-likeness (QED) is 0.400. The number of anilines is 2. The summed E-state index contributed by atoms with van der Waals surface area (Å²) < 4.78 is 0. The Morgan fingerprint density at radius 3 is 2.36 bits per heavy atom. The van der Waals surface area contributed by atoms with Gasteiger partial charge in [0.2, 0.25) is 11.8 Å². The first-order valence-electron chi connectivity index (χ1n) is 9.15. The zero-order valence-corrected chi connectivity index (χ0v) is 17.1. The first-order valence-corrected chi connectivity index (χ1v) is 9.53. The maximum atomic E-state index is 11.9. The van der Waals surface area contributed by atoms with Crippen molar-refractivity contribution in [3.05, 3.63) is 58.6 Å². The summed E-state index contributed by atoms with van der Waals surface area (Å²) in [6.45, 7) is 7.97. The second kappa shape index (κ2) is 10.5. The highest BCUT2D eigenvalue weighted by molar-refractivity contribution is 6.31. The lowest BCUT2D eigenvalue weighted by molar-refractivity contribution is -0.126. The molecule has 6 nitrogen and oxygen atoms in total. The summed E-state index contributed by atoms with van der Waals surface area (Å²) in [6, 6.07) is 13.1. The summed E-state index contributed by atoms with van der Waals surface area (Å²) in [5.41, 5.74) is 5.82. The number of nitrogens with one attached hydrogen (secondary N) is 2. The Morgan fingerprint density at radius 2 is 1.75 bits per heavy atom. The van der Waals surface area contributed by atoms with Crippen LogP contribution in [0, 0.1) is 6.92 Å². The van der Waals surface area contributed by atoms with Crippen molar-refractivity contribution in [2.45, 2.75) is 27.2 Å². The van der Waals surface area contributed by atoms with Crippen molar-refractivity contribution in [2.24, 2.45) is 5.10 Å². The van der Waals surface area contributed by atoms with Crippen molar-refractivity contribution >= 4 is 41.0 Å². The molecule has 0 unspecified atom stereocenters. The number of hydrogen-bond acceptors (Lipinski definition) is 4. The van der Waals surface area contributed by atoms with E-state index >= 15 is 0 Å². The van der Waals surface area contributed by atoms with E-state index in [-0.39, 0.29) is 6.42 Å². The molecule has 0 aromatic heterocycles. The van der Waals surface area contributed by atoms with Crippen molar-refractivity contribution < 1.29 is 9.59 Å². The molecule has 0 spiro atoms. The van der Waals surface area contributed by atoms with Crippen LogP contribution in [0.25, 0.3) is 0 Å². The minimum atomic E-state index is -0.494. The number of aryl methyl sites for hydroxylation is 1. The third-order valence-electron chi connectivity index (χ3n) is 4.20. The van der Waals surface area contributed by atoms with Crippen LogP contribution in [0.2, 0.25) is 5.02 Å². The maximum absolute atomic E-state index is 11.9. The number of rotatable bonds is 8. The zero-order valence-electron chi connectivity index (χ0n) is 16.3. The molecule has 2 N–H and O–H groups in total. The lowest BCUT2D eigenvalue weighted by atomic mass is 10.2. The van der Waals surface area contributed by atoms with Crippen LogP contribution in [0.4, 0.5) is 11.4 Å². The van der Waals surface area contributed by atoms with Crippen molar-refractivity contribution in [3.8, 4) is 0 Å². The Balaban J connectivity index is 1.82. The molecule has 0 atom stereocenters. The van der Waals surface area contributed by atoms with Crippen molar-refractivity contribution in [3.63, 3.8) is 0 Å². The Morgan fingerprint density at radius 1 is 1.07 bits per heavy atom. The van der Waals surface area contributed by atoms with Gasteiger partial charge in [0, 0.05) is 29.5 Å². The fourth-order valence-corrected chi connectivity index (χ4v) is 2.78. The molecule has 148 valence electrons. The van der Waals surface area contributed by atoms with Gasteiger partial charge in [-0.05, 0) is 56.2 Å². The van der Waals surface area contributed by atoms with Crippen LogP contribution in [-0.2, 0) is 9.59 Å². The van der Waals surface area contributed by atoms with Gasteiger partial charge in [0.15, 0.2) is 0 Å². The second-order valence-electron chi connectivity index (χ2n) is 6.25. The van der Waals surface area contributed by atoms with Gasteiger partial charge in [0.1, 0.15) is 6.42 Å². The molecule has 0 aliphatic rings. The van der Waals surface area contributed by atoms with Gasteiger partial charge in [-0.2, -0.15) is 5.10 Å². The first kappa shape index (κ1) is 21.4. The second-order valence-corrected chi connectivity index (χ2v) is 6.65. The number of carbonyl (C=O) groups excluding carboxylic acids is 2. The fourth-order valence-electron chi connectivity index (χ4n) is 2.60. The van der Waals surface area contributed by atoms with Crippen LogP contribution >= 0.6 is 11.6 Å². The van der Waals surface area contributed by atoms with Gasteiger partial charge in [-0.1, -0.05) is 29.8 Å². The third kappa shape index (κ3) is 6.39. The molecule has 28 heavy (non-hydrogen) atoms. The van der Waals surface area contributed by atoms with Gasteiger partial charge in [-0.15, -0.1) is 0 Å². The normalized spacial score (nSPS) is 10.7. The minimum Gasteiger partial charge on any atom is -0.372 e. The van der Waals surface area contributed by atoms with Crippen LogP contribution in [-0.4, -0.2) is 31.1 Å². The van der Waals surface area contributed by atoms with Crippen molar-refractivity contribution in [2.75, 3.05) is 23.3 Å². The SMILES string of the molecule is CCN(CC)c1ccc(C=NNC(=O)CC(=O)Nc2ccc(C)c(Cl)c2)cc1. The molecule has 7 heteroatoms. The topological polar surface area (TPSA) is 73.8 Å². The Hall–Kier alpha value is -2.86. The standard InChI is InChI=1S/C21H25ClN4O2/c1-4-26(5-2)18-10-7-16(8-11-18)14-23-25-21(28)13-20(27)24-17-9-6-15(3)19(22)12-17/h6-12,14H,4-5,13H2,1-3H3,(H,24,27)(H,25,28). The Labute approximate surface area is 170 Å². The van der Waals surface area contributed by atoms with Crippen LogP contribution in [0.5, 0.6) is 0 Å². The highest BCUT2D eigenvalue weighted by Gasteiger charge is 2.09. The van der Waals surface area contributed by atoms with E-state index in [0.29, 0.717) is 10.7 Å². The molecular formula is C21H25ClN4O2. The third-order valence-corrected chi connectivity index (χ3v) is 4.61. The largest absolute Gasteiger partial charge is 0.372 e. The molecule has 2 rings (SSSR count). The van der Waals surface area contributed by atoms with Gasteiger partial charge in [-0.3, -0.25) is 9.59 Å². The van der Waals surface area contributed by atoms with Gasteiger partial charge in [-0.25, -0.2) is 5.43 Å². The molecule has 0 saturated heterocycles. The lowest BCUT2D eigenvalue weighted by Gasteiger charge is -2.20.